The predicted octanol–water partition coefficient (Wildman–Crippen LogP) is 0.589. The molecule has 2 atom stereocenters. The van der Waals surface area contributed by atoms with E-state index in [0.29, 0.717) is 6.42 Å². The Morgan fingerprint density at radius 1 is 1.42 bits per heavy atom. The van der Waals surface area contributed by atoms with Gasteiger partial charge in [-0.05, 0) is 17.5 Å². The average Bonchev–Trinajstić information content (AvgIpc) is 2.75. The van der Waals surface area contributed by atoms with Crippen LogP contribution in [0.25, 0.3) is 0 Å². The number of rotatable bonds is 4. The van der Waals surface area contributed by atoms with Gasteiger partial charge in [0.1, 0.15) is 0 Å². The second-order valence-corrected chi connectivity index (χ2v) is 7.00. The van der Waals surface area contributed by atoms with E-state index < -0.39 is 27.1 Å². The molecule has 2 unspecified atom stereocenters. The summed E-state index contributed by atoms with van der Waals surface area (Å²) in [5, 5.41) is -0.644. The predicted molar refractivity (Wildman–Crippen MR) is 71.3 cm³/mol. The van der Waals surface area contributed by atoms with Crippen molar-refractivity contribution in [2.45, 2.75) is 24.1 Å². The smallest absolute Gasteiger partial charge is 0.306 e. The van der Waals surface area contributed by atoms with Crippen molar-refractivity contribution < 1.29 is 17.9 Å². The summed E-state index contributed by atoms with van der Waals surface area (Å²) in [5.74, 6) is -0.737. The third-order valence-corrected chi connectivity index (χ3v) is 5.67. The van der Waals surface area contributed by atoms with E-state index >= 15 is 0 Å². The molecule has 104 valence electrons. The summed E-state index contributed by atoms with van der Waals surface area (Å²) >= 11 is 0. The van der Waals surface area contributed by atoms with Crippen LogP contribution in [-0.2, 0) is 25.8 Å². The number of hydrogen-bond acceptors (Lipinski definition) is 5. The summed E-state index contributed by atoms with van der Waals surface area (Å²) in [5.41, 5.74) is 7.88. The Morgan fingerprint density at radius 2 is 2.11 bits per heavy atom. The first-order chi connectivity index (χ1) is 8.95. The second kappa shape index (κ2) is 5.30. The molecule has 0 aromatic heterocycles. The van der Waals surface area contributed by atoms with Crippen LogP contribution in [0.15, 0.2) is 24.3 Å². The minimum Gasteiger partial charge on any atom is -0.469 e. The molecule has 0 saturated heterocycles. The Hall–Kier alpha value is -1.40. The number of carbonyl (C=O) groups excluding carboxylic acids is 1. The Morgan fingerprint density at radius 3 is 2.74 bits per heavy atom. The van der Waals surface area contributed by atoms with Gasteiger partial charge in [-0.1, -0.05) is 24.3 Å². The number of benzene rings is 1. The normalized spacial score (nSPS) is 22.0. The number of carbonyl (C=O) groups is 1. The van der Waals surface area contributed by atoms with Gasteiger partial charge in [0.25, 0.3) is 0 Å². The zero-order valence-corrected chi connectivity index (χ0v) is 11.5. The molecule has 0 amide bonds. The van der Waals surface area contributed by atoms with Crippen LogP contribution in [0.1, 0.15) is 23.6 Å². The number of ether oxygens (including phenoxy) is 1. The summed E-state index contributed by atoms with van der Waals surface area (Å²) in [6, 6.07) is 6.96. The molecule has 0 heterocycles. The van der Waals surface area contributed by atoms with Gasteiger partial charge in [0.15, 0.2) is 9.84 Å². The highest BCUT2D eigenvalue weighted by atomic mass is 32.2. The highest BCUT2D eigenvalue weighted by molar-refractivity contribution is 7.92. The van der Waals surface area contributed by atoms with Gasteiger partial charge >= 0.3 is 5.97 Å². The molecule has 1 aromatic rings. The highest BCUT2D eigenvalue weighted by Crippen LogP contribution is 2.34. The first-order valence-corrected chi connectivity index (χ1v) is 7.79. The average molecular weight is 283 g/mol. The molecular weight excluding hydrogens is 266 g/mol. The number of sulfone groups is 1. The summed E-state index contributed by atoms with van der Waals surface area (Å²) in [6.45, 7) is 0. The van der Waals surface area contributed by atoms with E-state index in [0.717, 1.165) is 11.1 Å². The van der Waals surface area contributed by atoms with Crippen molar-refractivity contribution in [2.24, 2.45) is 5.73 Å². The van der Waals surface area contributed by atoms with Gasteiger partial charge in [0.2, 0.25) is 0 Å². The van der Waals surface area contributed by atoms with Crippen LogP contribution < -0.4 is 5.73 Å². The summed E-state index contributed by atoms with van der Waals surface area (Å²) in [7, 11) is -2.17. The zero-order valence-electron chi connectivity index (χ0n) is 10.7. The Bertz CT molecular complexity index is 582. The molecule has 2 rings (SSSR count). The van der Waals surface area contributed by atoms with Gasteiger partial charge in [-0.25, -0.2) is 8.42 Å². The van der Waals surface area contributed by atoms with Crippen LogP contribution in [0, 0.1) is 0 Å². The summed E-state index contributed by atoms with van der Waals surface area (Å²) in [6.07, 6.45) is 0.291. The third kappa shape index (κ3) is 2.79. The number of esters is 1. The molecule has 2 N–H and O–H groups in total. The van der Waals surface area contributed by atoms with E-state index in [1.807, 2.05) is 24.3 Å². The van der Waals surface area contributed by atoms with Crippen LogP contribution in [0.5, 0.6) is 0 Å². The molecule has 0 spiro atoms. The number of hydrogen-bond donors (Lipinski definition) is 1. The van der Waals surface area contributed by atoms with Gasteiger partial charge in [-0.15, -0.1) is 0 Å². The largest absolute Gasteiger partial charge is 0.469 e. The van der Waals surface area contributed by atoms with E-state index in [4.69, 9.17) is 5.73 Å². The van der Waals surface area contributed by atoms with Crippen molar-refractivity contribution >= 4 is 15.8 Å². The van der Waals surface area contributed by atoms with Crippen LogP contribution in [-0.4, -0.2) is 32.5 Å². The molecule has 0 aliphatic heterocycles. The second-order valence-electron chi connectivity index (χ2n) is 4.66. The van der Waals surface area contributed by atoms with Crippen LogP contribution >= 0.6 is 0 Å². The van der Waals surface area contributed by atoms with E-state index in [9.17, 15) is 13.2 Å². The van der Waals surface area contributed by atoms with E-state index in [1.165, 1.54) is 7.11 Å². The van der Waals surface area contributed by atoms with Crippen molar-refractivity contribution in [1.82, 2.24) is 0 Å². The monoisotopic (exact) mass is 283 g/mol. The number of nitrogens with two attached hydrogens (primary N) is 1. The first-order valence-electron chi connectivity index (χ1n) is 6.07. The Kier molecular flexibility index (Phi) is 3.91. The molecule has 0 fully saturated rings. The van der Waals surface area contributed by atoms with Gasteiger partial charge in [-0.3, -0.25) is 4.79 Å². The van der Waals surface area contributed by atoms with Crippen molar-refractivity contribution in [2.75, 3.05) is 12.9 Å². The number of fused-ring (bicyclic) bond motifs is 1. The van der Waals surface area contributed by atoms with Crippen molar-refractivity contribution in [3.63, 3.8) is 0 Å². The van der Waals surface area contributed by atoms with E-state index in [1.54, 1.807) is 0 Å². The van der Waals surface area contributed by atoms with E-state index in [-0.39, 0.29) is 12.2 Å². The summed E-state index contributed by atoms with van der Waals surface area (Å²) in [4.78, 5) is 11.1. The molecule has 0 saturated carbocycles. The Balaban J connectivity index is 2.14. The maximum Gasteiger partial charge on any atom is 0.306 e. The summed E-state index contributed by atoms with van der Waals surface area (Å²) < 4.78 is 29.0. The molecule has 5 nitrogen and oxygen atoms in total. The molecule has 1 aliphatic rings. The standard InChI is InChI=1S/C13H17NO4S/c1-18-12(15)6-7-19(16,17)11-8-9-4-2-3-5-10(9)13(11)14/h2-5,11,13H,6-8,14H2,1H3. The number of methoxy groups -OCH3 is 1. The maximum atomic E-state index is 12.2. The van der Waals surface area contributed by atoms with Crippen LogP contribution in [0.4, 0.5) is 0 Å². The van der Waals surface area contributed by atoms with E-state index in [2.05, 4.69) is 4.74 Å². The van der Waals surface area contributed by atoms with Gasteiger partial charge in [0, 0.05) is 6.04 Å². The van der Waals surface area contributed by atoms with Gasteiger partial charge in [-0.2, -0.15) is 0 Å². The van der Waals surface area contributed by atoms with Gasteiger partial charge in [0.05, 0.1) is 24.5 Å². The molecule has 0 radical (unpaired) electrons. The molecule has 1 aliphatic carbocycles. The molecule has 6 heteroatoms. The fraction of sp³-hybridized carbons (Fsp3) is 0.462. The SMILES string of the molecule is COC(=O)CCS(=O)(=O)C1Cc2ccccc2C1N. The quantitative estimate of drug-likeness (QED) is 0.817. The maximum absolute atomic E-state index is 12.2. The van der Waals surface area contributed by atoms with Crippen molar-refractivity contribution in [1.29, 1.82) is 0 Å². The van der Waals surface area contributed by atoms with Crippen LogP contribution in [0.2, 0.25) is 0 Å². The van der Waals surface area contributed by atoms with Crippen molar-refractivity contribution in [3.05, 3.63) is 35.4 Å². The fourth-order valence-corrected chi connectivity index (χ4v) is 4.20. The highest BCUT2D eigenvalue weighted by Gasteiger charge is 2.38. The third-order valence-electron chi connectivity index (χ3n) is 3.52. The first kappa shape index (κ1) is 14.0. The lowest BCUT2D eigenvalue weighted by Crippen LogP contribution is -2.33. The van der Waals surface area contributed by atoms with Gasteiger partial charge < -0.3 is 10.5 Å². The Labute approximate surface area is 112 Å². The zero-order chi connectivity index (χ0) is 14.0. The fourth-order valence-electron chi connectivity index (χ4n) is 2.42. The topological polar surface area (TPSA) is 86.5 Å². The molecule has 1 aromatic carbocycles. The minimum absolute atomic E-state index is 0.127. The lowest BCUT2D eigenvalue weighted by Gasteiger charge is -2.16. The molecule has 0 bridgehead atoms. The van der Waals surface area contributed by atoms with Crippen molar-refractivity contribution in [3.8, 4) is 0 Å². The minimum atomic E-state index is -3.41. The molecule has 19 heavy (non-hydrogen) atoms. The van der Waals surface area contributed by atoms with Crippen LogP contribution in [0.3, 0.4) is 0 Å². The lowest BCUT2D eigenvalue weighted by molar-refractivity contribution is -0.140. The molecular formula is C13H17NO4S. The lowest BCUT2D eigenvalue weighted by atomic mass is 10.1.